The Balaban J connectivity index is 3.56. The third kappa shape index (κ3) is 1.75. The van der Waals surface area contributed by atoms with Crippen molar-refractivity contribution in [2.75, 3.05) is 0 Å². The van der Waals surface area contributed by atoms with Crippen molar-refractivity contribution in [3.05, 3.63) is 32.4 Å². The molecule has 0 aliphatic carbocycles. The smallest absolute Gasteiger partial charge is 0.152 e. The highest BCUT2D eigenvalue weighted by atomic mass is 127. The molecular formula is C9H4INO2. The molecular weight excluding hydrogens is 281 g/mol. The number of nitrogens with zero attached hydrogens (tertiary/aromatic N) is 1. The van der Waals surface area contributed by atoms with Crippen molar-refractivity contribution in [2.45, 2.75) is 0 Å². The normalized spacial score (nSPS) is 8.92. The van der Waals surface area contributed by atoms with Gasteiger partial charge in [0.25, 0.3) is 0 Å². The summed E-state index contributed by atoms with van der Waals surface area (Å²) in [6.45, 7) is 0. The Labute approximate surface area is 88.5 Å². The molecule has 1 aromatic rings. The summed E-state index contributed by atoms with van der Waals surface area (Å²) in [5, 5.41) is 8.72. The van der Waals surface area contributed by atoms with Crippen LogP contribution in [0.4, 0.5) is 0 Å². The molecule has 1 rings (SSSR count). The number of rotatable bonds is 2. The lowest BCUT2D eigenvalue weighted by Gasteiger charge is -2.00. The molecule has 3 nitrogen and oxygen atoms in total. The van der Waals surface area contributed by atoms with Crippen molar-refractivity contribution >= 4 is 35.2 Å². The van der Waals surface area contributed by atoms with E-state index in [2.05, 4.69) is 0 Å². The minimum atomic E-state index is 0.171. The van der Waals surface area contributed by atoms with Crippen molar-refractivity contribution in [1.29, 1.82) is 5.26 Å². The molecule has 0 atom stereocenters. The molecule has 13 heavy (non-hydrogen) atoms. The molecule has 0 spiro atoms. The van der Waals surface area contributed by atoms with Gasteiger partial charge in [0.05, 0.1) is 5.56 Å². The maximum absolute atomic E-state index is 10.6. The highest BCUT2D eigenvalue weighted by Crippen LogP contribution is 2.17. The van der Waals surface area contributed by atoms with Crippen molar-refractivity contribution in [3.63, 3.8) is 0 Å². The summed E-state index contributed by atoms with van der Waals surface area (Å²) in [5.41, 5.74) is 0.691. The SMILES string of the molecule is N#Cc1c(I)ccc(C=O)c1C=O. The molecule has 64 valence electrons. The molecule has 0 aliphatic heterocycles. The Morgan fingerprint density at radius 3 is 2.46 bits per heavy atom. The second kappa shape index (κ2) is 4.14. The molecule has 0 bridgehead atoms. The number of aldehydes is 2. The van der Waals surface area contributed by atoms with Crippen LogP contribution in [0.5, 0.6) is 0 Å². The third-order valence-corrected chi connectivity index (χ3v) is 2.48. The van der Waals surface area contributed by atoms with Gasteiger partial charge in [-0.05, 0) is 34.7 Å². The van der Waals surface area contributed by atoms with Gasteiger partial charge in [0.2, 0.25) is 0 Å². The molecule has 0 N–H and O–H groups in total. The predicted octanol–water partition coefficient (Wildman–Crippen LogP) is 1.79. The topological polar surface area (TPSA) is 57.9 Å². The standard InChI is InChI=1S/C9H4INO2/c10-9-2-1-6(4-12)8(5-13)7(9)3-11/h1-2,4-5H. The summed E-state index contributed by atoms with van der Waals surface area (Å²) < 4.78 is 0.674. The molecule has 4 heteroatoms. The number of carbonyl (C=O) groups is 2. The van der Waals surface area contributed by atoms with Gasteiger partial charge in [-0.3, -0.25) is 9.59 Å². The minimum Gasteiger partial charge on any atom is -0.298 e. The van der Waals surface area contributed by atoms with E-state index in [1.165, 1.54) is 6.07 Å². The molecule has 0 fully saturated rings. The molecule has 0 amide bonds. The molecule has 0 radical (unpaired) electrons. The van der Waals surface area contributed by atoms with Crippen molar-refractivity contribution in [1.82, 2.24) is 0 Å². The first-order valence-electron chi connectivity index (χ1n) is 3.37. The molecule has 0 aromatic heterocycles. The average molecular weight is 285 g/mol. The lowest BCUT2D eigenvalue weighted by atomic mass is 10.0. The Hall–Kier alpha value is -1.22. The summed E-state index contributed by atoms with van der Waals surface area (Å²) in [6, 6.07) is 5.05. The Bertz CT molecular complexity index is 407. The van der Waals surface area contributed by atoms with Crippen LogP contribution in [0.1, 0.15) is 26.3 Å². The van der Waals surface area contributed by atoms with Crippen LogP contribution in [0, 0.1) is 14.9 Å². The fourth-order valence-electron chi connectivity index (χ4n) is 0.952. The van der Waals surface area contributed by atoms with Crippen LogP contribution in [0.3, 0.4) is 0 Å². The Morgan fingerprint density at radius 1 is 1.31 bits per heavy atom. The van der Waals surface area contributed by atoms with Crippen LogP contribution < -0.4 is 0 Å². The number of nitriles is 1. The van der Waals surface area contributed by atoms with Gasteiger partial charge in [-0.15, -0.1) is 0 Å². The first-order chi connectivity index (χ1) is 6.24. The number of halogens is 1. The van der Waals surface area contributed by atoms with Crippen LogP contribution in [0.2, 0.25) is 0 Å². The van der Waals surface area contributed by atoms with E-state index in [4.69, 9.17) is 5.26 Å². The van der Waals surface area contributed by atoms with Crippen LogP contribution in [-0.2, 0) is 0 Å². The van der Waals surface area contributed by atoms with Gasteiger partial charge in [0.15, 0.2) is 12.6 Å². The van der Waals surface area contributed by atoms with E-state index in [0.717, 1.165) is 0 Å². The summed E-state index contributed by atoms with van der Waals surface area (Å²) in [4.78, 5) is 21.1. The molecule has 1 aromatic carbocycles. The van der Waals surface area contributed by atoms with E-state index in [-0.39, 0.29) is 16.7 Å². The zero-order valence-electron chi connectivity index (χ0n) is 6.45. The lowest BCUT2D eigenvalue weighted by Crippen LogP contribution is -1.97. The van der Waals surface area contributed by atoms with E-state index in [0.29, 0.717) is 16.1 Å². The predicted molar refractivity (Wildman–Crippen MR) is 54.6 cm³/mol. The van der Waals surface area contributed by atoms with E-state index in [1.54, 1.807) is 6.07 Å². The quantitative estimate of drug-likeness (QED) is 0.615. The van der Waals surface area contributed by atoms with E-state index >= 15 is 0 Å². The Kier molecular flexibility index (Phi) is 3.14. The molecule has 0 unspecified atom stereocenters. The van der Waals surface area contributed by atoms with Gasteiger partial charge in [-0.2, -0.15) is 5.26 Å². The summed E-state index contributed by atoms with van der Waals surface area (Å²) >= 11 is 1.95. The summed E-state index contributed by atoms with van der Waals surface area (Å²) in [5.74, 6) is 0. The number of hydrogen-bond donors (Lipinski definition) is 0. The second-order valence-corrected chi connectivity index (χ2v) is 3.43. The fraction of sp³-hybridized carbons (Fsp3) is 0. The lowest BCUT2D eigenvalue weighted by molar-refractivity contribution is 0.109. The zero-order valence-corrected chi connectivity index (χ0v) is 8.61. The maximum atomic E-state index is 10.6. The zero-order chi connectivity index (χ0) is 9.84. The first kappa shape index (κ1) is 9.86. The van der Waals surface area contributed by atoms with E-state index < -0.39 is 0 Å². The highest BCUT2D eigenvalue weighted by Gasteiger charge is 2.09. The fourth-order valence-corrected chi connectivity index (χ4v) is 1.54. The van der Waals surface area contributed by atoms with Crippen molar-refractivity contribution in [3.8, 4) is 6.07 Å². The number of carbonyl (C=O) groups excluding carboxylic acids is 2. The van der Waals surface area contributed by atoms with Crippen molar-refractivity contribution < 1.29 is 9.59 Å². The van der Waals surface area contributed by atoms with Crippen molar-refractivity contribution in [2.24, 2.45) is 0 Å². The number of hydrogen-bond acceptors (Lipinski definition) is 3. The second-order valence-electron chi connectivity index (χ2n) is 2.27. The molecule has 0 heterocycles. The molecule has 0 saturated heterocycles. The number of benzene rings is 1. The summed E-state index contributed by atoms with van der Waals surface area (Å²) in [7, 11) is 0. The van der Waals surface area contributed by atoms with Crippen LogP contribution in [0.15, 0.2) is 12.1 Å². The van der Waals surface area contributed by atoms with Gasteiger partial charge in [-0.25, -0.2) is 0 Å². The monoisotopic (exact) mass is 285 g/mol. The molecule has 0 saturated carbocycles. The molecule has 0 aliphatic rings. The van der Waals surface area contributed by atoms with Crippen LogP contribution >= 0.6 is 22.6 Å². The van der Waals surface area contributed by atoms with Gasteiger partial charge < -0.3 is 0 Å². The van der Waals surface area contributed by atoms with Crippen LogP contribution in [-0.4, -0.2) is 12.6 Å². The minimum absolute atomic E-state index is 0.171. The third-order valence-electron chi connectivity index (χ3n) is 1.59. The average Bonchev–Trinajstić information content (AvgIpc) is 2.17. The largest absolute Gasteiger partial charge is 0.298 e. The summed E-state index contributed by atoms with van der Waals surface area (Å²) in [6.07, 6.45) is 1.10. The van der Waals surface area contributed by atoms with Gasteiger partial charge in [0.1, 0.15) is 6.07 Å². The maximum Gasteiger partial charge on any atom is 0.152 e. The van der Waals surface area contributed by atoms with Gasteiger partial charge >= 0.3 is 0 Å². The first-order valence-corrected chi connectivity index (χ1v) is 4.45. The highest BCUT2D eigenvalue weighted by molar-refractivity contribution is 14.1. The van der Waals surface area contributed by atoms with Gasteiger partial charge in [0, 0.05) is 14.7 Å². The van der Waals surface area contributed by atoms with E-state index in [9.17, 15) is 9.59 Å². The van der Waals surface area contributed by atoms with Crippen LogP contribution in [0.25, 0.3) is 0 Å². The Morgan fingerprint density at radius 2 is 2.00 bits per heavy atom. The van der Waals surface area contributed by atoms with E-state index in [1.807, 2.05) is 28.7 Å². The van der Waals surface area contributed by atoms with Gasteiger partial charge in [-0.1, -0.05) is 0 Å².